The molecule has 1 aliphatic rings. The van der Waals surface area contributed by atoms with E-state index in [0.29, 0.717) is 42.6 Å². The summed E-state index contributed by atoms with van der Waals surface area (Å²) >= 11 is 1.20. The van der Waals surface area contributed by atoms with Crippen LogP contribution in [-0.4, -0.2) is 82.1 Å². The van der Waals surface area contributed by atoms with Crippen LogP contribution in [0.3, 0.4) is 0 Å². The lowest BCUT2D eigenvalue weighted by molar-refractivity contribution is -0.138. The second-order valence-corrected chi connectivity index (χ2v) is 9.15. The summed E-state index contributed by atoms with van der Waals surface area (Å²) in [5, 5.41) is 4.73. The van der Waals surface area contributed by atoms with Crippen molar-refractivity contribution in [3.63, 3.8) is 0 Å². The van der Waals surface area contributed by atoms with Crippen LogP contribution in [0.25, 0.3) is 0 Å². The highest BCUT2D eigenvalue weighted by molar-refractivity contribution is 7.13. The van der Waals surface area contributed by atoms with Crippen molar-refractivity contribution >= 4 is 40.1 Å². The summed E-state index contributed by atoms with van der Waals surface area (Å²) in [5.41, 5.74) is 0.837. The highest BCUT2D eigenvalue weighted by Crippen LogP contribution is 2.17. The van der Waals surface area contributed by atoms with Crippen molar-refractivity contribution in [1.29, 1.82) is 0 Å². The van der Waals surface area contributed by atoms with Crippen molar-refractivity contribution in [2.45, 2.75) is 33.2 Å². The van der Waals surface area contributed by atoms with Crippen molar-refractivity contribution in [3.8, 4) is 0 Å². The number of rotatable bonds is 7. The van der Waals surface area contributed by atoms with Crippen LogP contribution in [0.5, 0.6) is 0 Å². The number of carbonyl (C=O) groups is 4. The number of nitrogens with one attached hydrogen (secondary N) is 1. The normalized spacial score (nSPS) is 13.7. The molecule has 0 spiro atoms. The topological polar surface area (TPSA) is 103 Å². The quantitative estimate of drug-likeness (QED) is 0.641. The number of hydrogen-bond donors (Lipinski definition) is 1. The first kappa shape index (κ1) is 25.3. The van der Waals surface area contributed by atoms with Crippen LogP contribution in [0, 0.1) is 5.82 Å². The van der Waals surface area contributed by atoms with Crippen molar-refractivity contribution in [1.82, 2.24) is 19.7 Å². The molecule has 1 aliphatic heterocycles. The minimum atomic E-state index is -0.443. The first-order chi connectivity index (χ1) is 16.1. The predicted octanol–water partition coefficient (Wildman–Crippen LogP) is 2.00. The van der Waals surface area contributed by atoms with Gasteiger partial charge in [0.25, 0.3) is 5.91 Å². The Morgan fingerprint density at radius 2 is 1.71 bits per heavy atom. The molecule has 1 aromatic heterocycles. The van der Waals surface area contributed by atoms with E-state index < -0.39 is 11.7 Å². The first-order valence-electron chi connectivity index (χ1n) is 11.0. The molecular weight excluding hydrogens is 461 g/mol. The monoisotopic (exact) mass is 489 g/mol. The smallest absolute Gasteiger partial charge is 0.254 e. The van der Waals surface area contributed by atoms with Crippen LogP contribution in [0.15, 0.2) is 29.6 Å². The molecule has 2 aromatic rings. The molecule has 0 atom stereocenters. The average Bonchev–Trinajstić information content (AvgIpc) is 3.23. The van der Waals surface area contributed by atoms with Crippen LogP contribution < -0.4 is 5.32 Å². The van der Waals surface area contributed by atoms with Gasteiger partial charge in [0.2, 0.25) is 17.7 Å². The molecule has 1 saturated heterocycles. The molecular formula is C23H28FN5O4S. The summed E-state index contributed by atoms with van der Waals surface area (Å²) in [6, 6.07) is 4.92. The van der Waals surface area contributed by atoms with Crippen LogP contribution in [-0.2, 0) is 20.8 Å². The number of anilines is 1. The summed E-state index contributed by atoms with van der Waals surface area (Å²) < 4.78 is 13.2. The lowest BCUT2D eigenvalue weighted by Gasteiger charge is -2.34. The number of thiazole rings is 1. The van der Waals surface area contributed by atoms with Gasteiger partial charge in [0.1, 0.15) is 12.4 Å². The van der Waals surface area contributed by atoms with E-state index in [1.807, 2.05) is 0 Å². The third-order valence-corrected chi connectivity index (χ3v) is 6.30. The molecule has 1 N–H and O–H groups in total. The fourth-order valence-electron chi connectivity index (χ4n) is 3.54. The summed E-state index contributed by atoms with van der Waals surface area (Å²) in [7, 11) is 0. The Balaban J connectivity index is 1.53. The van der Waals surface area contributed by atoms with Gasteiger partial charge in [-0.1, -0.05) is 0 Å². The molecule has 0 radical (unpaired) electrons. The lowest BCUT2D eigenvalue weighted by Crippen LogP contribution is -2.50. The van der Waals surface area contributed by atoms with Crippen LogP contribution in [0.1, 0.15) is 36.8 Å². The zero-order valence-electron chi connectivity index (χ0n) is 19.4. The summed E-state index contributed by atoms with van der Waals surface area (Å²) in [5.74, 6) is -1.32. The zero-order chi connectivity index (χ0) is 24.8. The van der Waals surface area contributed by atoms with Gasteiger partial charge in [0, 0.05) is 50.1 Å². The molecule has 11 heteroatoms. The number of hydrogen-bond acceptors (Lipinski definition) is 6. The van der Waals surface area contributed by atoms with Gasteiger partial charge in [-0.25, -0.2) is 9.37 Å². The Bertz CT molecular complexity index is 1050. The largest absolute Gasteiger partial charge is 0.339 e. The molecule has 3 rings (SSSR count). The number of carbonyl (C=O) groups excluding carboxylic acids is 4. The number of amides is 4. The molecule has 0 bridgehead atoms. The molecule has 0 saturated carbocycles. The highest BCUT2D eigenvalue weighted by Gasteiger charge is 2.24. The lowest BCUT2D eigenvalue weighted by atomic mass is 10.1. The summed E-state index contributed by atoms with van der Waals surface area (Å²) in [6.07, 6.45) is 0.105. The Morgan fingerprint density at radius 3 is 2.29 bits per heavy atom. The SMILES string of the molecule is CC(=O)N1CCN(C(=O)Cc2csc(NC(=O)CN(C(=O)c3ccc(F)cc3)C(C)C)n2)CC1. The molecule has 2 heterocycles. The third kappa shape index (κ3) is 6.60. The molecule has 9 nitrogen and oxygen atoms in total. The minimum Gasteiger partial charge on any atom is -0.339 e. The molecule has 1 aromatic carbocycles. The molecule has 1 fully saturated rings. The Hall–Kier alpha value is -3.34. The first-order valence-corrected chi connectivity index (χ1v) is 11.9. The summed E-state index contributed by atoms with van der Waals surface area (Å²) in [4.78, 5) is 58.5. The van der Waals surface area contributed by atoms with Crippen molar-refractivity contribution in [2.75, 3.05) is 38.0 Å². The maximum Gasteiger partial charge on any atom is 0.254 e. The van der Waals surface area contributed by atoms with E-state index in [2.05, 4.69) is 10.3 Å². The maximum absolute atomic E-state index is 13.2. The Kier molecular flexibility index (Phi) is 8.32. The molecule has 4 amide bonds. The predicted molar refractivity (Wildman–Crippen MR) is 126 cm³/mol. The van der Waals surface area contributed by atoms with E-state index in [1.54, 1.807) is 29.0 Å². The van der Waals surface area contributed by atoms with E-state index in [0.717, 1.165) is 0 Å². The fourth-order valence-corrected chi connectivity index (χ4v) is 4.27. The number of nitrogens with zero attached hydrogens (tertiary/aromatic N) is 4. The van der Waals surface area contributed by atoms with E-state index in [9.17, 15) is 23.6 Å². The molecule has 34 heavy (non-hydrogen) atoms. The van der Waals surface area contributed by atoms with Crippen molar-refractivity contribution < 1.29 is 23.6 Å². The Morgan fingerprint density at radius 1 is 1.09 bits per heavy atom. The second kappa shape index (κ2) is 11.2. The van der Waals surface area contributed by atoms with Gasteiger partial charge in [-0.05, 0) is 38.1 Å². The standard InChI is InChI=1S/C23H28FN5O4S/c1-15(2)29(22(33)17-4-6-18(24)7-5-17)13-20(31)26-23-25-19(14-34-23)12-21(32)28-10-8-27(9-11-28)16(3)30/h4-7,14-15H,8-13H2,1-3H3,(H,25,26,31). The van der Waals surface area contributed by atoms with Crippen LogP contribution >= 0.6 is 11.3 Å². The van der Waals surface area contributed by atoms with Gasteiger partial charge < -0.3 is 20.0 Å². The van der Waals surface area contributed by atoms with Gasteiger partial charge in [-0.3, -0.25) is 19.2 Å². The number of halogens is 1. The average molecular weight is 490 g/mol. The van der Waals surface area contributed by atoms with Crippen molar-refractivity contribution in [3.05, 3.63) is 46.7 Å². The van der Waals surface area contributed by atoms with Crippen molar-refractivity contribution in [2.24, 2.45) is 0 Å². The molecule has 0 unspecified atom stereocenters. The maximum atomic E-state index is 13.2. The highest BCUT2D eigenvalue weighted by atomic mass is 32.1. The number of aromatic nitrogens is 1. The van der Waals surface area contributed by atoms with E-state index >= 15 is 0 Å². The third-order valence-electron chi connectivity index (χ3n) is 5.50. The molecule has 0 aliphatic carbocycles. The van der Waals surface area contributed by atoms with E-state index in [-0.39, 0.29) is 36.7 Å². The van der Waals surface area contributed by atoms with Gasteiger partial charge in [0.05, 0.1) is 12.1 Å². The van der Waals surface area contributed by atoms with Crippen LogP contribution in [0.4, 0.5) is 9.52 Å². The summed E-state index contributed by atoms with van der Waals surface area (Å²) in [6.45, 7) is 6.91. The zero-order valence-corrected chi connectivity index (χ0v) is 20.2. The second-order valence-electron chi connectivity index (χ2n) is 8.29. The van der Waals surface area contributed by atoms with Crippen LogP contribution in [0.2, 0.25) is 0 Å². The fraction of sp³-hybridized carbons (Fsp3) is 0.435. The van der Waals surface area contributed by atoms with E-state index in [1.165, 1.54) is 47.4 Å². The van der Waals surface area contributed by atoms with Gasteiger partial charge in [-0.2, -0.15) is 0 Å². The number of piperazine rings is 1. The minimum absolute atomic E-state index is 0.00221. The molecule has 182 valence electrons. The Labute approximate surface area is 201 Å². The number of benzene rings is 1. The van der Waals surface area contributed by atoms with E-state index in [4.69, 9.17) is 0 Å². The van der Waals surface area contributed by atoms with Gasteiger partial charge in [-0.15, -0.1) is 11.3 Å². The van der Waals surface area contributed by atoms with Gasteiger partial charge >= 0.3 is 0 Å². The van der Waals surface area contributed by atoms with Gasteiger partial charge in [0.15, 0.2) is 5.13 Å².